The molecule has 1 atom stereocenters. The second-order valence-electron chi connectivity index (χ2n) is 4.32. The van der Waals surface area contributed by atoms with Crippen molar-refractivity contribution in [2.75, 3.05) is 13.1 Å². The van der Waals surface area contributed by atoms with Gasteiger partial charge in [0.2, 0.25) is 0 Å². The number of phenolic OH excluding ortho intramolecular Hbond substituents is 1. The minimum Gasteiger partial charge on any atom is -0.504 e. The molecule has 88 valence electrons. The van der Waals surface area contributed by atoms with E-state index in [-0.39, 0.29) is 5.02 Å². The van der Waals surface area contributed by atoms with Gasteiger partial charge in [0.1, 0.15) is 0 Å². The second-order valence-corrected chi connectivity index (χ2v) is 4.73. The van der Waals surface area contributed by atoms with Crippen LogP contribution in [-0.2, 0) is 6.42 Å². The number of nitrogens with one attached hydrogen (secondary N) is 1. The number of piperidine rings is 1. The molecule has 1 unspecified atom stereocenters. The monoisotopic (exact) mass is 243 g/mol. The van der Waals surface area contributed by atoms with E-state index in [0.717, 1.165) is 31.5 Å². The van der Waals surface area contributed by atoms with E-state index in [9.17, 15) is 9.50 Å². The van der Waals surface area contributed by atoms with Gasteiger partial charge >= 0.3 is 0 Å². The Balaban J connectivity index is 2.09. The number of benzene rings is 1. The first kappa shape index (κ1) is 11.7. The summed E-state index contributed by atoms with van der Waals surface area (Å²) in [6.45, 7) is 2.04. The topological polar surface area (TPSA) is 32.3 Å². The molecule has 1 fully saturated rings. The summed E-state index contributed by atoms with van der Waals surface area (Å²) < 4.78 is 13.2. The molecule has 0 aliphatic carbocycles. The van der Waals surface area contributed by atoms with Crippen LogP contribution in [0.4, 0.5) is 4.39 Å². The SMILES string of the molecule is Oc1c(F)cc(CC2CCCNC2)cc1Cl. The molecule has 1 aromatic rings. The normalized spacial score (nSPS) is 21.0. The van der Waals surface area contributed by atoms with Gasteiger partial charge in [0, 0.05) is 0 Å². The van der Waals surface area contributed by atoms with Crippen molar-refractivity contribution in [3.8, 4) is 5.75 Å². The molecule has 4 heteroatoms. The standard InChI is InChI=1S/C12H15ClFNO/c13-10-5-9(6-11(14)12(10)16)4-8-2-1-3-15-7-8/h5-6,8,15-16H,1-4,7H2. The highest BCUT2D eigenvalue weighted by molar-refractivity contribution is 6.32. The third-order valence-electron chi connectivity index (χ3n) is 3.00. The summed E-state index contributed by atoms with van der Waals surface area (Å²) in [5.74, 6) is -0.549. The number of phenols is 1. The molecule has 2 N–H and O–H groups in total. The number of hydrogen-bond donors (Lipinski definition) is 2. The van der Waals surface area contributed by atoms with Gasteiger partial charge in [-0.1, -0.05) is 11.6 Å². The van der Waals surface area contributed by atoms with Crippen LogP contribution < -0.4 is 5.32 Å². The van der Waals surface area contributed by atoms with E-state index in [1.54, 1.807) is 6.07 Å². The Hall–Kier alpha value is -0.800. The van der Waals surface area contributed by atoms with E-state index >= 15 is 0 Å². The van der Waals surface area contributed by atoms with Crippen molar-refractivity contribution in [2.24, 2.45) is 5.92 Å². The van der Waals surface area contributed by atoms with Crippen molar-refractivity contribution in [1.82, 2.24) is 5.32 Å². The Kier molecular flexibility index (Phi) is 3.66. The van der Waals surface area contributed by atoms with Gasteiger partial charge in [0.15, 0.2) is 11.6 Å². The minimum atomic E-state index is -0.633. The predicted octanol–water partition coefficient (Wildman–Crippen LogP) is 2.73. The minimum absolute atomic E-state index is 0.0961. The van der Waals surface area contributed by atoms with E-state index in [2.05, 4.69) is 5.32 Å². The summed E-state index contributed by atoms with van der Waals surface area (Å²) in [4.78, 5) is 0. The average Bonchev–Trinajstić information content (AvgIpc) is 2.27. The van der Waals surface area contributed by atoms with Crippen molar-refractivity contribution in [3.63, 3.8) is 0 Å². The van der Waals surface area contributed by atoms with Crippen molar-refractivity contribution < 1.29 is 9.50 Å². The van der Waals surface area contributed by atoms with Crippen LogP contribution in [0.25, 0.3) is 0 Å². The maximum absolute atomic E-state index is 13.2. The average molecular weight is 244 g/mol. The summed E-state index contributed by atoms with van der Waals surface area (Å²) in [5.41, 5.74) is 0.856. The predicted molar refractivity (Wildman–Crippen MR) is 62.4 cm³/mol. The number of hydrogen-bond acceptors (Lipinski definition) is 2. The Morgan fingerprint density at radius 3 is 2.94 bits per heavy atom. The molecular formula is C12H15ClFNO. The lowest BCUT2D eigenvalue weighted by Gasteiger charge is -2.22. The first-order chi connectivity index (χ1) is 7.66. The molecule has 1 saturated heterocycles. The molecule has 16 heavy (non-hydrogen) atoms. The fraction of sp³-hybridized carbons (Fsp3) is 0.500. The van der Waals surface area contributed by atoms with E-state index in [4.69, 9.17) is 11.6 Å². The van der Waals surface area contributed by atoms with Gasteiger partial charge < -0.3 is 10.4 Å². The van der Waals surface area contributed by atoms with E-state index < -0.39 is 11.6 Å². The number of rotatable bonds is 2. The fourth-order valence-electron chi connectivity index (χ4n) is 2.17. The van der Waals surface area contributed by atoms with Crippen LogP contribution in [0.1, 0.15) is 18.4 Å². The molecule has 0 amide bonds. The number of aromatic hydroxyl groups is 1. The molecule has 1 aromatic carbocycles. The third kappa shape index (κ3) is 2.66. The smallest absolute Gasteiger partial charge is 0.170 e. The molecule has 0 bridgehead atoms. The maximum Gasteiger partial charge on any atom is 0.170 e. The lowest BCUT2D eigenvalue weighted by molar-refractivity contribution is 0.375. The van der Waals surface area contributed by atoms with Crippen LogP contribution in [0.3, 0.4) is 0 Å². The molecule has 0 radical (unpaired) electrons. The highest BCUT2D eigenvalue weighted by atomic mass is 35.5. The Labute approximate surface area is 99.4 Å². The van der Waals surface area contributed by atoms with Gasteiger partial charge in [-0.15, -0.1) is 0 Å². The third-order valence-corrected chi connectivity index (χ3v) is 3.29. The molecule has 0 saturated carbocycles. The summed E-state index contributed by atoms with van der Waals surface area (Å²) in [6, 6.07) is 3.02. The summed E-state index contributed by atoms with van der Waals surface area (Å²) in [5, 5.41) is 12.6. The zero-order valence-electron chi connectivity index (χ0n) is 8.97. The highest BCUT2D eigenvalue weighted by Gasteiger charge is 2.15. The Morgan fingerprint density at radius 1 is 1.50 bits per heavy atom. The quantitative estimate of drug-likeness (QED) is 0.837. The Morgan fingerprint density at radius 2 is 2.31 bits per heavy atom. The van der Waals surface area contributed by atoms with Gasteiger partial charge in [0.25, 0.3) is 0 Å². The lowest BCUT2D eigenvalue weighted by Crippen LogP contribution is -2.30. The van der Waals surface area contributed by atoms with E-state index in [0.29, 0.717) is 5.92 Å². The summed E-state index contributed by atoms with van der Waals surface area (Å²) in [7, 11) is 0. The zero-order valence-corrected chi connectivity index (χ0v) is 9.73. The highest BCUT2D eigenvalue weighted by Crippen LogP contribution is 2.29. The van der Waals surface area contributed by atoms with Crippen LogP contribution in [-0.4, -0.2) is 18.2 Å². The first-order valence-electron chi connectivity index (χ1n) is 5.54. The summed E-state index contributed by atoms with van der Waals surface area (Å²) >= 11 is 5.73. The maximum atomic E-state index is 13.2. The molecule has 1 aliphatic rings. The van der Waals surface area contributed by atoms with Crippen LogP contribution in [0.2, 0.25) is 5.02 Å². The van der Waals surface area contributed by atoms with Crippen LogP contribution in [0.15, 0.2) is 12.1 Å². The van der Waals surface area contributed by atoms with Crippen LogP contribution >= 0.6 is 11.6 Å². The van der Waals surface area contributed by atoms with Gasteiger partial charge in [-0.25, -0.2) is 4.39 Å². The van der Waals surface area contributed by atoms with Crippen molar-refractivity contribution in [1.29, 1.82) is 0 Å². The van der Waals surface area contributed by atoms with Crippen LogP contribution in [0.5, 0.6) is 5.75 Å². The van der Waals surface area contributed by atoms with E-state index in [1.807, 2.05) is 0 Å². The fourth-order valence-corrected chi connectivity index (χ4v) is 2.40. The second kappa shape index (κ2) is 5.02. The largest absolute Gasteiger partial charge is 0.504 e. The van der Waals surface area contributed by atoms with Gasteiger partial charge in [-0.3, -0.25) is 0 Å². The summed E-state index contributed by atoms with van der Waals surface area (Å²) in [6.07, 6.45) is 3.13. The molecule has 2 rings (SSSR count). The lowest BCUT2D eigenvalue weighted by atomic mass is 9.92. The Bertz CT molecular complexity index is 354. The van der Waals surface area contributed by atoms with Crippen LogP contribution in [0, 0.1) is 11.7 Å². The molecule has 1 aliphatic heterocycles. The first-order valence-corrected chi connectivity index (χ1v) is 5.92. The van der Waals surface area contributed by atoms with Crippen molar-refractivity contribution in [3.05, 3.63) is 28.5 Å². The van der Waals surface area contributed by atoms with Gasteiger partial charge in [0.05, 0.1) is 5.02 Å². The van der Waals surface area contributed by atoms with Gasteiger partial charge in [-0.05, 0) is 56.0 Å². The molecule has 2 nitrogen and oxygen atoms in total. The zero-order chi connectivity index (χ0) is 11.5. The van der Waals surface area contributed by atoms with Crippen molar-refractivity contribution >= 4 is 11.6 Å². The van der Waals surface area contributed by atoms with Crippen molar-refractivity contribution in [2.45, 2.75) is 19.3 Å². The molecular weight excluding hydrogens is 229 g/mol. The molecule has 1 heterocycles. The number of halogens is 2. The van der Waals surface area contributed by atoms with E-state index in [1.165, 1.54) is 12.5 Å². The van der Waals surface area contributed by atoms with Gasteiger partial charge in [-0.2, -0.15) is 0 Å². The molecule has 0 spiro atoms. The molecule has 0 aromatic heterocycles.